The first-order valence-electron chi connectivity index (χ1n) is 5.94. The number of nitrogens with one attached hydrogen (secondary N) is 1. The quantitative estimate of drug-likeness (QED) is 0.699. The Morgan fingerprint density at radius 1 is 1.05 bits per heavy atom. The molecular formula is C15H14Br2FN. The van der Waals surface area contributed by atoms with Crippen molar-refractivity contribution in [2.75, 3.05) is 5.32 Å². The monoisotopic (exact) mass is 385 g/mol. The highest BCUT2D eigenvalue weighted by Crippen LogP contribution is 2.26. The predicted octanol–water partition coefficient (Wildman–Crippen LogP) is 5.83. The zero-order valence-corrected chi connectivity index (χ0v) is 13.8. The van der Waals surface area contributed by atoms with Crippen molar-refractivity contribution in [3.63, 3.8) is 0 Å². The predicted molar refractivity (Wildman–Crippen MR) is 85.0 cm³/mol. The molecule has 1 nitrogen and oxygen atoms in total. The van der Waals surface area contributed by atoms with Gasteiger partial charge in [-0.3, -0.25) is 0 Å². The van der Waals surface area contributed by atoms with Crippen molar-refractivity contribution < 1.29 is 4.39 Å². The summed E-state index contributed by atoms with van der Waals surface area (Å²) in [7, 11) is 0. The van der Waals surface area contributed by atoms with Crippen molar-refractivity contribution in [2.45, 2.75) is 19.9 Å². The van der Waals surface area contributed by atoms with Crippen LogP contribution in [0.3, 0.4) is 0 Å². The second-order valence-electron chi connectivity index (χ2n) is 4.55. The smallest absolute Gasteiger partial charge is 0.129 e. The molecular weight excluding hydrogens is 373 g/mol. The molecule has 0 aliphatic carbocycles. The Balaban J connectivity index is 2.22. The molecule has 0 aliphatic heterocycles. The number of halogens is 3. The van der Waals surface area contributed by atoms with Crippen molar-refractivity contribution >= 4 is 37.5 Å². The minimum absolute atomic E-state index is 0.0956. The molecule has 1 unspecified atom stereocenters. The van der Waals surface area contributed by atoms with Crippen LogP contribution in [0.2, 0.25) is 0 Å². The Morgan fingerprint density at radius 3 is 2.42 bits per heavy atom. The maximum Gasteiger partial charge on any atom is 0.129 e. The number of hydrogen-bond acceptors (Lipinski definition) is 1. The molecule has 19 heavy (non-hydrogen) atoms. The van der Waals surface area contributed by atoms with E-state index in [1.165, 1.54) is 6.07 Å². The van der Waals surface area contributed by atoms with Crippen LogP contribution < -0.4 is 5.32 Å². The van der Waals surface area contributed by atoms with Gasteiger partial charge in [-0.1, -0.05) is 37.9 Å². The third kappa shape index (κ3) is 3.80. The maximum absolute atomic E-state index is 13.9. The fourth-order valence-electron chi connectivity index (χ4n) is 2.00. The van der Waals surface area contributed by atoms with Crippen molar-refractivity contribution in [3.05, 3.63) is 62.3 Å². The van der Waals surface area contributed by atoms with E-state index in [1.807, 2.05) is 38.1 Å². The summed E-state index contributed by atoms with van der Waals surface area (Å²) in [5, 5.41) is 3.31. The lowest BCUT2D eigenvalue weighted by atomic mass is 10.1. The Morgan fingerprint density at radius 2 is 1.79 bits per heavy atom. The minimum Gasteiger partial charge on any atom is -0.378 e. The van der Waals surface area contributed by atoms with E-state index in [-0.39, 0.29) is 11.9 Å². The van der Waals surface area contributed by atoms with Gasteiger partial charge < -0.3 is 5.32 Å². The van der Waals surface area contributed by atoms with Crippen LogP contribution in [-0.2, 0) is 0 Å². The third-order valence-electron chi connectivity index (χ3n) is 2.85. The fourth-order valence-corrected chi connectivity index (χ4v) is 2.94. The molecule has 0 radical (unpaired) electrons. The van der Waals surface area contributed by atoms with Crippen LogP contribution in [0.1, 0.15) is 24.1 Å². The second kappa shape index (κ2) is 6.06. The average Bonchev–Trinajstić information content (AvgIpc) is 2.26. The first kappa shape index (κ1) is 14.5. The number of aryl methyl sites for hydroxylation is 1. The van der Waals surface area contributed by atoms with Crippen LogP contribution in [0.25, 0.3) is 0 Å². The minimum atomic E-state index is -0.207. The first-order valence-corrected chi connectivity index (χ1v) is 7.53. The van der Waals surface area contributed by atoms with Gasteiger partial charge in [0.2, 0.25) is 0 Å². The van der Waals surface area contributed by atoms with E-state index in [2.05, 4.69) is 37.2 Å². The van der Waals surface area contributed by atoms with Crippen LogP contribution in [0, 0.1) is 12.7 Å². The molecule has 1 atom stereocenters. The van der Waals surface area contributed by atoms with Gasteiger partial charge in [-0.25, -0.2) is 4.39 Å². The summed E-state index contributed by atoms with van der Waals surface area (Å²) in [6.07, 6.45) is 0. The SMILES string of the molecule is Cc1cc(Br)cc(NC(C)c2ccc(Br)cc2F)c1. The van der Waals surface area contributed by atoms with Gasteiger partial charge in [-0.15, -0.1) is 0 Å². The van der Waals surface area contributed by atoms with Crippen LogP contribution in [-0.4, -0.2) is 0 Å². The summed E-state index contributed by atoms with van der Waals surface area (Å²) in [5.41, 5.74) is 2.78. The van der Waals surface area contributed by atoms with Crippen molar-refractivity contribution in [2.24, 2.45) is 0 Å². The normalized spacial score (nSPS) is 12.3. The van der Waals surface area contributed by atoms with E-state index in [4.69, 9.17) is 0 Å². The summed E-state index contributed by atoms with van der Waals surface area (Å²) >= 11 is 6.73. The summed E-state index contributed by atoms with van der Waals surface area (Å²) < 4.78 is 15.6. The standard InChI is InChI=1S/C15H14Br2FN/c1-9-5-12(17)7-13(6-9)19-10(2)14-4-3-11(16)8-15(14)18/h3-8,10,19H,1-2H3. The summed E-state index contributed by atoms with van der Waals surface area (Å²) in [6, 6.07) is 11.1. The Bertz CT molecular complexity index is 578. The second-order valence-corrected chi connectivity index (χ2v) is 6.38. The lowest BCUT2D eigenvalue weighted by molar-refractivity contribution is 0.599. The molecule has 2 rings (SSSR count). The summed E-state index contributed by atoms with van der Waals surface area (Å²) in [4.78, 5) is 0. The lowest BCUT2D eigenvalue weighted by Crippen LogP contribution is -2.08. The van der Waals surface area contributed by atoms with Gasteiger partial charge in [0.1, 0.15) is 5.82 Å². The molecule has 0 aliphatic rings. The Labute approximate surface area is 129 Å². The Hall–Kier alpha value is -0.870. The largest absolute Gasteiger partial charge is 0.378 e. The maximum atomic E-state index is 13.9. The van der Waals surface area contributed by atoms with E-state index < -0.39 is 0 Å². The number of rotatable bonds is 3. The molecule has 1 N–H and O–H groups in total. The van der Waals surface area contributed by atoms with Gasteiger partial charge in [-0.05, 0) is 49.7 Å². The van der Waals surface area contributed by atoms with Gasteiger partial charge in [0, 0.05) is 20.2 Å². The molecule has 0 fully saturated rings. The first-order chi connectivity index (χ1) is 8.95. The van der Waals surface area contributed by atoms with Crippen LogP contribution in [0.5, 0.6) is 0 Å². The van der Waals surface area contributed by atoms with Gasteiger partial charge in [0.25, 0.3) is 0 Å². The Kier molecular flexibility index (Phi) is 4.63. The molecule has 2 aromatic carbocycles. The molecule has 2 aromatic rings. The zero-order chi connectivity index (χ0) is 14.0. The van der Waals surface area contributed by atoms with Crippen molar-refractivity contribution in [1.82, 2.24) is 0 Å². The number of benzene rings is 2. The molecule has 4 heteroatoms. The van der Waals surface area contributed by atoms with E-state index in [0.29, 0.717) is 5.56 Å². The molecule has 0 aromatic heterocycles. The number of anilines is 1. The summed E-state index contributed by atoms with van der Waals surface area (Å²) in [5.74, 6) is -0.207. The van der Waals surface area contributed by atoms with Crippen molar-refractivity contribution in [3.8, 4) is 0 Å². The highest BCUT2D eigenvalue weighted by atomic mass is 79.9. The van der Waals surface area contributed by atoms with Gasteiger partial charge in [-0.2, -0.15) is 0 Å². The third-order valence-corrected chi connectivity index (χ3v) is 3.81. The highest BCUT2D eigenvalue weighted by molar-refractivity contribution is 9.10. The van der Waals surface area contributed by atoms with Crippen LogP contribution >= 0.6 is 31.9 Å². The highest BCUT2D eigenvalue weighted by Gasteiger charge is 2.11. The molecule has 0 spiro atoms. The van der Waals surface area contributed by atoms with Crippen LogP contribution in [0.4, 0.5) is 10.1 Å². The molecule has 0 saturated carbocycles. The molecule has 0 saturated heterocycles. The molecule has 0 bridgehead atoms. The fraction of sp³-hybridized carbons (Fsp3) is 0.200. The topological polar surface area (TPSA) is 12.0 Å². The van der Waals surface area contributed by atoms with Crippen molar-refractivity contribution in [1.29, 1.82) is 0 Å². The molecule has 0 amide bonds. The van der Waals surface area contributed by atoms with E-state index in [0.717, 1.165) is 20.2 Å². The van der Waals surface area contributed by atoms with Gasteiger partial charge in [0.05, 0.1) is 6.04 Å². The van der Waals surface area contributed by atoms with Crippen LogP contribution in [0.15, 0.2) is 45.3 Å². The van der Waals surface area contributed by atoms with E-state index >= 15 is 0 Å². The molecule has 0 heterocycles. The molecule has 100 valence electrons. The average molecular weight is 387 g/mol. The zero-order valence-electron chi connectivity index (χ0n) is 10.7. The van der Waals surface area contributed by atoms with E-state index in [9.17, 15) is 4.39 Å². The number of hydrogen-bond donors (Lipinski definition) is 1. The van der Waals surface area contributed by atoms with E-state index in [1.54, 1.807) is 6.07 Å². The lowest BCUT2D eigenvalue weighted by Gasteiger charge is -2.17. The summed E-state index contributed by atoms with van der Waals surface area (Å²) in [6.45, 7) is 3.98. The van der Waals surface area contributed by atoms with Gasteiger partial charge >= 0.3 is 0 Å². The van der Waals surface area contributed by atoms with Gasteiger partial charge in [0.15, 0.2) is 0 Å².